The Kier molecular flexibility index (Phi) is 15.2. The van der Waals surface area contributed by atoms with E-state index in [9.17, 15) is 19.8 Å². The van der Waals surface area contributed by atoms with Gasteiger partial charge in [0.25, 0.3) is 0 Å². The molecule has 0 radical (unpaired) electrons. The van der Waals surface area contributed by atoms with Crippen LogP contribution in [0.3, 0.4) is 0 Å². The summed E-state index contributed by atoms with van der Waals surface area (Å²) in [5.74, 6) is -0.938. The fourth-order valence-electron chi connectivity index (χ4n) is 2.69. The molecule has 0 aliphatic heterocycles. The number of hydrogen-bond acceptors (Lipinski definition) is 4. The first kappa shape index (κ1) is 31.1. The monoisotopic (exact) mass is 552 g/mol. The summed E-state index contributed by atoms with van der Waals surface area (Å²) >= 11 is 0. The Hall–Kier alpha value is -2.94. The molecule has 0 saturated carbocycles. The molecule has 0 unspecified atom stereocenters. The van der Waals surface area contributed by atoms with Gasteiger partial charge < -0.3 is 20.8 Å². The van der Waals surface area contributed by atoms with E-state index in [4.69, 9.17) is 0 Å². The van der Waals surface area contributed by atoms with Gasteiger partial charge in [0, 0.05) is 42.8 Å². The number of ketones is 2. The van der Waals surface area contributed by atoms with Gasteiger partial charge in [-0.25, -0.2) is 0 Å². The third-order valence-electron chi connectivity index (χ3n) is 4.22. The van der Waals surface area contributed by atoms with Gasteiger partial charge in [0.1, 0.15) is 11.5 Å². The van der Waals surface area contributed by atoms with Crippen molar-refractivity contribution in [1.82, 2.24) is 0 Å². The van der Waals surface area contributed by atoms with Crippen molar-refractivity contribution in [2.75, 3.05) is 13.1 Å². The Morgan fingerprint density at radius 3 is 1.32 bits per heavy atom. The Labute approximate surface area is 223 Å². The normalized spacial score (nSPS) is 12.2. The van der Waals surface area contributed by atoms with Crippen molar-refractivity contribution in [3.8, 4) is 0 Å². The third-order valence-corrected chi connectivity index (χ3v) is 4.22. The van der Waals surface area contributed by atoms with Gasteiger partial charge >= 0.3 is 16.5 Å². The van der Waals surface area contributed by atoms with E-state index >= 15 is 0 Å². The van der Waals surface area contributed by atoms with Crippen LogP contribution in [-0.4, -0.2) is 34.9 Å². The van der Waals surface area contributed by atoms with Crippen LogP contribution in [-0.2, 0) is 45.6 Å². The SMILES string of the molecule is C/C(=C/C(=O)/C=C(\O)c1ccccc1)[N-]CC[N-]/C(C)=C\C(=O)/C=C(\O)c1ccccc1.[Ni+2].[Zn]. The fraction of sp³-hybridized carbons (Fsp3) is 0.154. The molecule has 2 rings (SSSR count). The van der Waals surface area contributed by atoms with Crippen molar-refractivity contribution in [3.63, 3.8) is 0 Å². The molecule has 0 fully saturated rings. The minimum absolute atomic E-state index is 0. The van der Waals surface area contributed by atoms with E-state index in [2.05, 4.69) is 10.6 Å². The molecule has 2 N–H and O–H groups in total. The summed E-state index contributed by atoms with van der Waals surface area (Å²) in [6.07, 6.45) is 4.97. The molecule has 0 bridgehead atoms. The number of benzene rings is 2. The number of hydrogen-bond donors (Lipinski definition) is 2. The Bertz CT molecular complexity index is 963. The van der Waals surface area contributed by atoms with Crippen LogP contribution in [0.1, 0.15) is 25.0 Å². The summed E-state index contributed by atoms with van der Waals surface area (Å²) in [6.45, 7) is 4.06. The molecule has 34 heavy (non-hydrogen) atoms. The van der Waals surface area contributed by atoms with Crippen molar-refractivity contribution < 1.29 is 55.8 Å². The quantitative estimate of drug-likeness (QED) is 0.157. The van der Waals surface area contributed by atoms with E-state index in [0.29, 0.717) is 35.6 Å². The number of nitrogens with zero attached hydrogens (tertiary/aromatic N) is 2. The summed E-state index contributed by atoms with van der Waals surface area (Å²) in [5.41, 5.74) is 2.14. The largest absolute Gasteiger partial charge is 2.00 e. The van der Waals surface area contributed by atoms with Crippen molar-refractivity contribution >= 4 is 23.1 Å². The molecule has 0 amide bonds. The van der Waals surface area contributed by atoms with Gasteiger partial charge in [-0.2, -0.15) is 11.4 Å². The van der Waals surface area contributed by atoms with Crippen molar-refractivity contribution in [2.24, 2.45) is 0 Å². The first-order valence-electron chi connectivity index (χ1n) is 10.1. The zero-order chi connectivity index (χ0) is 23.3. The molecule has 0 aliphatic carbocycles. The zero-order valence-corrected chi connectivity index (χ0v) is 23.1. The summed E-state index contributed by atoms with van der Waals surface area (Å²) < 4.78 is 0. The van der Waals surface area contributed by atoms with Crippen molar-refractivity contribution in [1.29, 1.82) is 0 Å². The fourth-order valence-corrected chi connectivity index (χ4v) is 2.69. The third kappa shape index (κ3) is 11.8. The van der Waals surface area contributed by atoms with Crippen LogP contribution in [0.25, 0.3) is 22.2 Å². The van der Waals surface area contributed by atoms with Crippen LogP contribution in [0.2, 0.25) is 0 Å². The number of aliphatic hydroxyl groups excluding tert-OH is 2. The van der Waals surface area contributed by atoms with Crippen molar-refractivity contribution in [2.45, 2.75) is 13.8 Å². The molecule has 0 aromatic heterocycles. The number of aliphatic hydroxyl groups is 2. The standard InChI is InChI=1S/C26H28N2O4.Ni.Zn/c1-19(15-23(29)17-25(31)21-9-5-3-6-10-21)27-13-14-28-20(2)16-24(30)18-26(32)22-11-7-4-8-12-22;;/h3-12,15-18H,13-14H2,1-2H3,(H4,27,28,29,30,31,32);;/q;+2;/p-2. The molecule has 6 nitrogen and oxygen atoms in total. The number of rotatable bonds is 11. The average Bonchev–Trinajstić information content (AvgIpc) is 2.77. The summed E-state index contributed by atoms with van der Waals surface area (Å²) in [7, 11) is 0. The van der Waals surface area contributed by atoms with Gasteiger partial charge in [0.2, 0.25) is 0 Å². The molecule has 0 aliphatic rings. The van der Waals surface area contributed by atoms with E-state index in [1.165, 1.54) is 12.2 Å². The minimum Gasteiger partial charge on any atom is -0.689 e. The van der Waals surface area contributed by atoms with Gasteiger partial charge in [-0.1, -0.05) is 74.5 Å². The van der Waals surface area contributed by atoms with Crippen LogP contribution < -0.4 is 0 Å². The van der Waals surface area contributed by atoms with E-state index in [1.807, 2.05) is 12.1 Å². The molecule has 8 heteroatoms. The van der Waals surface area contributed by atoms with Crippen LogP contribution in [0.15, 0.2) is 96.4 Å². The zero-order valence-electron chi connectivity index (χ0n) is 19.1. The topological polar surface area (TPSA) is 103 Å². The van der Waals surface area contributed by atoms with E-state index in [-0.39, 0.29) is 59.1 Å². The second kappa shape index (κ2) is 16.6. The smallest absolute Gasteiger partial charge is 0.689 e. The predicted molar refractivity (Wildman–Crippen MR) is 128 cm³/mol. The second-order valence-corrected chi connectivity index (χ2v) is 6.93. The molecule has 0 atom stereocenters. The molecule has 0 saturated heterocycles. The van der Waals surface area contributed by atoms with Gasteiger partial charge in [0.05, 0.1) is 0 Å². The number of carbonyl (C=O) groups excluding carboxylic acids is 2. The van der Waals surface area contributed by atoms with E-state index in [1.54, 1.807) is 62.4 Å². The molecule has 0 heterocycles. The first-order chi connectivity index (χ1) is 15.3. The molecule has 176 valence electrons. The maximum absolute atomic E-state index is 12.0. The minimum atomic E-state index is -0.365. The Morgan fingerprint density at radius 2 is 1.00 bits per heavy atom. The molecule has 2 aromatic carbocycles. The van der Waals surface area contributed by atoms with Gasteiger partial charge in [-0.15, -0.1) is 13.1 Å². The van der Waals surface area contributed by atoms with Crippen LogP contribution in [0.5, 0.6) is 0 Å². The van der Waals surface area contributed by atoms with E-state index in [0.717, 1.165) is 12.2 Å². The van der Waals surface area contributed by atoms with Crippen LogP contribution in [0, 0.1) is 0 Å². The van der Waals surface area contributed by atoms with Gasteiger partial charge in [-0.05, 0) is 12.2 Å². The second-order valence-electron chi connectivity index (χ2n) is 6.93. The Morgan fingerprint density at radius 1 is 0.676 bits per heavy atom. The molecule has 0 spiro atoms. The Balaban J connectivity index is 0.00000544. The van der Waals surface area contributed by atoms with Crippen LogP contribution >= 0.6 is 0 Å². The van der Waals surface area contributed by atoms with E-state index < -0.39 is 0 Å². The summed E-state index contributed by atoms with van der Waals surface area (Å²) in [6, 6.07) is 17.6. The van der Waals surface area contributed by atoms with Gasteiger partial charge in [-0.3, -0.25) is 9.59 Å². The maximum atomic E-state index is 12.0. The summed E-state index contributed by atoms with van der Waals surface area (Å²) in [5, 5.41) is 28.5. The van der Waals surface area contributed by atoms with Crippen molar-refractivity contribution in [3.05, 3.63) is 118 Å². The molecular weight excluding hydrogens is 528 g/mol. The van der Waals surface area contributed by atoms with Crippen LogP contribution in [0.4, 0.5) is 0 Å². The maximum Gasteiger partial charge on any atom is 2.00 e. The summed E-state index contributed by atoms with van der Waals surface area (Å²) in [4.78, 5) is 24.0. The average molecular weight is 555 g/mol. The molecule has 2 aromatic rings. The first-order valence-corrected chi connectivity index (χ1v) is 10.1. The predicted octanol–water partition coefficient (Wildman–Crippen LogP) is 5.87. The van der Waals surface area contributed by atoms with Gasteiger partial charge in [0.15, 0.2) is 11.6 Å². The molecular formula is C26H26N2NiO4Zn. The number of carbonyl (C=O) groups is 2. The number of allylic oxidation sites excluding steroid dienone is 6.